The van der Waals surface area contributed by atoms with Crippen molar-refractivity contribution in [1.82, 2.24) is 40.5 Å². The van der Waals surface area contributed by atoms with Crippen molar-refractivity contribution in [2.45, 2.75) is 240 Å². The summed E-state index contributed by atoms with van der Waals surface area (Å²) in [5.74, 6) is -18.9. The number of aromatic nitrogens is 1. The molecule has 5 rings (SSSR count). The molecule has 117 heavy (non-hydrogen) atoms. The minimum Gasteiger partial charge on any atom is -0.481 e. The first kappa shape index (κ1) is 97.8. The van der Waals surface area contributed by atoms with Crippen LogP contribution in [0.3, 0.4) is 0 Å². The van der Waals surface area contributed by atoms with Gasteiger partial charge in [-0.2, -0.15) is 0 Å². The number of aliphatic carboxylic acids is 1. The number of carbonyl (C=O) groups is 18. The normalized spacial score (nSPS) is 22.1. The van der Waals surface area contributed by atoms with Crippen LogP contribution in [0.15, 0.2) is 47.9 Å². The molecule has 9 amide bonds. The van der Waals surface area contributed by atoms with E-state index in [1.807, 2.05) is 27.7 Å². The number of anilines is 1. The predicted octanol–water partition coefficient (Wildman–Crippen LogP) is 5.90. The Kier molecular flexibility index (Phi) is 38.8. The van der Waals surface area contributed by atoms with Gasteiger partial charge in [0, 0.05) is 144 Å². The Bertz CT molecular complexity index is 4000. The number of carboxylic acid groups (broad SMARTS) is 1. The quantitative estimate of drug-likeness (QED) is 0.0239. The van der Waals surface area contributed by atoms with Crippen molar-refractivity contribution in [3.05, 3.63) is 64.1 Å². The Morgan fingerprint density at radius 2 is 1.25 bits per heavy atom. The highest BCUT2D eigenvalue weighted by Crippen LogP contribution is 2.35. The number of carbonyl (C=O) groups excluding carboxylic acids is 17. The average molecular weight is 1660 g/mol. The molecule has 4 heterocycles. The molecule has 3 aliphatic rings. The molecule has 34 heteroatoms. The number of nitrogens with zero attached hydrogens (tertiary/aromatic N) is 5. The number of unbranched alkanes of at least 4 members (excludes halogenated alkanes) is 1. The number of benzene rings is 1. The summed E-state index contributed by atoms with van der Waals surface area (Å²) in [7, 11) is 5.25. The zero-order valence-corrected chi connectivity index (χ0v) is 70.7. The van der Waals surface area contributed by atoms with Gasteiger partial charge < -0.3 is 56.0 Å². The number of ketones is 6. The number of imide groups is 2. The van der Waals surface area contributed by atoms with Gasteiger partial charge in [0.2, 0.25) is 23.6 Å². The van der Waals surface area contributed by atoms with Crippen LogP contribution < -0.4 is 31.7 Å². The van der Waals surface area contributed by atoms with E-state index in [0.717, 1.165) is 35.6 Å². The Hall–Kier alpha value is -9.77. The summed E-state index contributed by atoms with van der Waals surface area (Å²) in [6.45, 7) is 19.2. The number of likely N-dealkylation sites (N-methyl/N-ethyl adjacent to an activating group) is 1. The monoisotopic (exact) mass is 1650 g/mol. The zero-order valence-electron chi connectivity index (χ0n) is 69.9. The molecule has 644 valence electrons. The number of ether oxygens (including phenoxy) is 4. The van der Waals surface area contributed by atoms with Crippen molar-refractivity contribution in [2.75, 3.05) is 59.4 Å². The van der Waals surface area contributed by atoms with E-state index in [0.29, 0.717) is 41.2 Å². The van der Waals surface area contributed by atoms with E-state index in [9.17, 15) is 91.4 Å². The van der Waals surface area contributed by atoms with E-state index in [4.69, 9.17) is 24.7 Å². The summed E-state index contributed by atoms with van der Waals surface area (Å²) in [5.41, 5.74) is 4.94. The lowest BCUT2D eigenvalue weighted by molar-refractivity contribution is -0.156. The van der Waals surface area contributed by atoms with E-state index >= 15 is 0 Å². The third-order valence-corrected chi connectivity index (χ3v) is 22.7. The SMILES string of the molecule is CC[C@H](C)[C@H](CC(=O)C(C)(C)N(C)C)C(=O)N(C)[C@H](C[C@@H](OC(C)=O)c1nc(C(=O)N[C@@H](Cc2ccc3c(c2)NC(=O)C(C)CC(=O)C(C)NC(=O)CCOCCCC(=O)C(N2C(=O)C=CC2=O)C(N2C(=O)C=CC2=O)C(=O)CCCOCCC(=O)NC(C)C(=O)CC(C)C(=O)O3)CC(C)C(=O)C[C@@H](CCCCN)C(=O)O)cs1)C(C)C. The van der Waals surface area contributed by atoms with Crippen molar-refractivity contribution in [1.29, 1.82) is 0 Å². The first-order valence-electron chi connectivity index (χ1n) is 40.0. The van der Waals surface area contributed by atoms with E-state index in [-0.39, 0.29) is 136 Å². The molecular weight excluding hydrogens is 1540 g/mol. The fourth-order valence-electron chi connectivity index (χ4n) is 13.7. The average Bonchev–Trinajstić information content (AvgIpc) is 1.67. The Morgan fingerprint density at radius 3 is 1.74 bits per heavy atom. The lowest BCUT2D eigenvalue weighted by atomic mass is 9.81. The van der Waals surface area contributed by atoms with Gasteiger partial charge in [0.15, 0.2) is 40.8 Å². The number of nitrogens with two attached hydrogens (primary N) is 1. The predicted molar refractivity (Wildman–Crippen MR) is 428 cm³/mol. The standard InChI is InChI=1S/C83H118N10O23S/c1-16-47(4)57(43-68(100)83(11,12)90(13)14)80(109)91(15)60(46(2)3)44-67(115-53(10)94)79-89-59(45-117-79)78(108)87-56(37-48(5)63(97)42-55(81(110)111)21-17-18-32-84)40-54-24-25-66-58(41-54)88-77(107)49(6)38-64(98)51(8)85-69(101)30-35-113-33-19-22-61(95)75(92-71(103)26-27-72(92)104)76(93-73(105)28-29-74(93)106)62(96)23-20-34-114-36-31-70(102)86-52(9)65(99)39-50(7)82(112)116-66/h24-29,41,45-52,55-57,60,67,75-76H,16-23,30-40,42-44,84H2,1-15H3,(H,85,101)(H,86,102)(H,87,108)(H,88,107)(H,110,111)/t47-,48?,49?,50?,51?,52?,55+,56+,57-,60+,67+,75?,76?/m0/s1. The van der Waals surface area contributed by atoms with Gasteiger partial charge in [0.25, 0.3) is 29.5 Å². The van der Waals surface area contributed by atoms with Gasteiger partial charge in [-0.05, 0) is 116 Å². The van der Waals surface area contributed by atoms with Crippen LogP contribution in [0.25, 0.3) is 0 Å². The third kappa shape index (κ3) is 29.1. The maximum absolute atomic E-state index is 14.8. The summed E-state index contributed by atoms with van der Waals surface area (Å²) >= 11 is 1.02. The number of rotatable bonds is 29. The van der Waals surface area contributed by atoms with Crippen molar-refractivity contribution >= 4 is 123 Å². The second kappa shape index (κ2) is 46.4. The summed E-state index contributed by atoms with van der Waals surface area (Å²) in [5, 5.41) is 22.7. The number of amides is 9. The van der Waals surface area contributed by atoms with Crippen molar-refractivity contribution in [2.24, 2.45) is 47.2 Å². The lowest BCUT2D eigenvalue weighted by Gasteiger charge is -2.38. The van der Waals surface area contributed by atoms with Crippen molar-refractivity contribution in [3.8, 4) is 5.75 Å². The first-order valence-corrected chi connectivity index (χ1v) is 40.9. The van der Waals surface area contributed by atoms with Crippen LogP contribution in [0.2, 0.25) is 0 Å². The minimum absolute atomic E-state index is 0.0103. The highest BCUT2D eigenvalue weighted by Gasteiger charge is 2.50. The Balaban J connectivity index is 1.46. The van der Waals surface area contributed by atoms with Gasteiger partial charge in [-0.3, -0.25) is 101 Å². The molecule has 1 aromatic carbocycles. The van der Waals surface area contributed by atoms with Crippen LogP contribution in [0.5, 0.6) is 5.75 Å². The Labute approximate surface area is 687 Å². The summed E-state index contributed by atoms with van der Waals surface area (Å²) in [4.78, 5) is 255. The zero-order chi connectivity index (χ0) is 87.5. The van der Waals surface area contributed by atoms with Gasteiger partial charge >= 0.3 is 17.9 Å². The fourth-order valence-corrected chi connectivity index (χ4v) is 14.5. The molecule has 33 nitrogen and oxygen atoms in total. The van der Waals surface area contributed by atoms with Crippen molar-refractivity contribution in [3.63, 3.8) is 0 Å². The molecule has 3 aliphatic heterocycles. The molecule has 0 radical (unpaired) electrons. The van der Waals surface area contributed by atoms with Gasteiger partial charge in [-0.25, -0.2) is 4.98 Å². The molecule has 1 aromatic heterocycles. The number of hydrogen-bond donors (Lipinski definition) is 6. The molecule has 0 aliphatic carbocycles. The maximum atomic E-state index is 14.8. The molecule has 7 unspecified atom stereocenters. The van der Waals surface area contributed by atoms with Gasteiger partial charge in [-0.15, -0.1) is 11.3 Å². The molecule has 0 saturated carbocycles. The van der Waals surface area contributed by atoms with Crippen LogP contribution in [0.1, 0.15) is 213 Å². The topological polar surface area (TPSA) is 464 Å². The molecule has 0 saturated heterocycles. The fraction of sp³-hybridized carbons (Fsp3) is 0.627. The number of nitrogens with one attached hydrogen (secondary N) is 4. The number of fused-ring (bicyclic) bond motifs is 1. The Morgan fingerprint density at radius 1 is 0.718 bits per heavy atom. The number of hydrogen-bond acceptors (Lipinski definition) is 26. The summed E-state index contributed by atoms with van der Waals surface area (Å²) in [6.07, 6.45) is 1.08. The second-order valence-corrected chi connectivity index (χ2v) is 32.6. The van der Waals surface area contributed by atoms with Crippen LogP contribution in [-0.2, 0) is 102 Å². The number of esters is 2. The first-order chi connectivity index (χ1) is 55.0. The smallest absolute Gasteiger partial charge is 0.314 e. The largest absolute Gasteiger partial charge is 0.481 e. The molecule has 13 atom stereocenters. The van der Waals surface area contributed by atoms with E-state index in [1.54, 1.807) is 51.7 Å². The summed E-state index contributed by atoms with van der Waals surface area (Å²) < 4.78 is 23.1. The molecule has 0 spiro atoms. The molecule has 0 fully saturated rings. The number of thiazole rings is 1. The van der Waals surface area contributed by atoms with Crippen molar-refractivity contribution < 1.29 is 110 Å². The van der Waals surface area contributed by atoms with Crippen LogP contribution in [0.4, 0.5) is 5.69 Å². The van der Waals surface area contributed by atoms with E-state index in [1.165, 1.54) is 58.2 Å². The van der Waals surface area contributed by atoms with Gasteiger partial charge in [0.1, 0.15) is 28.6 Å². The molecule has 2 aromatic rings. The molecule has 0 bridgehead atoms. The number of carboxylic acids is 1. The second-order valence-electron chi connectivity index (χ2n) is 31.7. The minimum atomic E-state index is -1.95. The summed E-state index contributed by atoms with van der Waals surface area (Å²) in [6, 6.07) is -3.50. The van der Waals surface area contributed by atoms with Crippen LogP contribution in [-0.4, -0.2) is 231 Å². The van der Waals surface area contributed by atoms with E-state index in [2.05, 4.69) is 26.3 Å². The van der Waals surface area contributed by atoms with E-state index < -0.39 is 197 Å². The third-order valence-electron chi connectivity index (χ3n) is 21.7. The van der Waals surface area contributed by atoms with Crippen LogP contribution >= 0.6 is 11.3 Å². The maximum Gasteiger partial charge on any atom is 0.314 e. The highest BCUT2D eigenvalue weighted by molar-refractivity contribution is 7.09. The van der Waals surface area contributed by atoms with Gasteiger partial charge in [0.05, 0.1) is 48.4 Å². The molecule has 7 N–H and O–H groups in total. The lowest BCUT2D eigenvalue weighted by Crippen LogP contribution is -2.61. The van der Waals surface area contributed by atoms with Crippen LogP contribution in [0, 0.1) is 41.4 Å². The highest BCUT2D eigenvalue weighted by atomic mass is 32.1. The molecular formula is C83H118N10O23S. The number of Topliss-reactive ketones (excluding diaryl/α,β-unsaturated/α-hetero) is 6. The van der Waals surface area contributed by atoms with Gasteiger partial charge in [-0.1, -0.05) is 67.4 Å².